The molecule has 0 radical (unpaired) electrons. The number of nitrogens with zero attached hydrogens (tertiary/aromatic N) is 3. The first-order valence-electron chi connectivity index (χ1n) is 7.68. The zero-order valence-electron chi connectivity index (χ0n) is 13.0. The highest BCUT2D eigenvalue weighted by Gasteiger charge is 2.52. The minimum absolute atomic E-state index is 0.0977. The largest absolute Gasteiger partial charge is 0.413 e. The van der Waals surface area contributed by atoms with Crippen molar-refractivity contribution in [1.82, 2.24) is 14.9 Å². The number of aryl methyl sites for hydroxylation is 1. The van der Waals surface area contributed by atoms with Gasteiger partial charge in [-0.05, 0) is 37.3 Å². The van der Waals surface area contributed by atoms with E-state index >= 15 is 0 Å². The van der Waals surface area contributed by atoms with Gasteiger partial charge in [-0.1, -0.05) is 6.07 Å². The fourth-order valence-corrected chi connectivity index (χ4v) is 3.99. The molecule has 9 nitrogen and oxygen atoms in total. The summed E-state index contributed by atoms with van der Waals surface area (Å²) < 4.78 is 35.4. The molecular formula is C14H20N4O5S. The zero-order chi connectivity index (χ0) is 17.4. The molecule has 2 fully saturated rings. The van der Waals surface area contributed by atoms with Crippen LogP contribution in [0.15, 0.2) is 24.5 Å². The average Bonchev–Trinajstić information content (AvgIpc) is 2.84. The predicted molar refractivity (Wildman–Crippen MR) is 83.6 cm³/mol. The Bertz CT molecular complexity index is 713. The summed E-state index contributed by atoms with van der Waals surface area (Å²) in [6, 6.07) is 3.57. The van der Waals surface area contributed by atoms with E-state index in [-0.39, 0.29) is 12.7 Å². The van der Waals surface area contributed by atoms with Crippen molar-refractivity contribution in [3.63, 3.8) is 0 Å². The van der Waals surface area contributed by atoms with Crippen molar-refractivity contribution >= 4 is 16.3 Å². The smallest absolute Gasteiger partial charge is 0.368 e. The van der Waals surface area contributed by atoms with Crippen molar-refractivity contribution in [2.75, 3.05) is 13.2 Å². The number of aromatic nitrogens is 1. The molecule has 1 amide bonds. The predicted octanol–water partition coefficient (Wildman–Crippen LogP) is -0.290. The maximum Gasteiger partial charge on any atom is 0.413 e. The first-order chi connectivity index (χ1) is 11.3. The van der Waals surface area contributed by atoms with Gasteiger partial charge in [0.25, 0.3) is 0 Å². The van der Waals surface area contributed by atoms with Crippen molar-refractivity contribution in [1.29, 1.82) is 0 Å². The molecule has 24 heavy (non-hydrogen) atoms. The van der Waals surface area contributed by atoms with E-state index in [9.17, 15) is 13.2 Å². The Kier molecular flexibility index (Phi) is 4.58. The van der Waals surface area contributed by atoms with E-state index in [2.05, 4.69) is 9.27 Å². The second-order valence-electron chi connectivity index (χ2n) is 6.23. The summed E-state index contributed by atoms with van der Waals surface area (Å²) >= 11 is 0. The maximum atomic E-state index is 12.2. The van der Waals surface area contributed by atoms with Crippen LogP contribution in [0.1, 0.15) is 24.8 Å². The SMILES string of the molecule is NC(=O)C1(CCc2cccnc2)CCC2CN1CN2OS(=O)(=O)O. The molecular weight excluding hydrogens is 336 g/mol. The number of primary amides is 1. The van der Waals surface area contributed by atoms with Gasteiger partial charge in [0.05, 0.1) is 12.7 Å². The number of hydrogen-bond donors (Lipinski definition) is 2. The van der Waals surface area contributed by atoms with Crippen molar-refractivity contribution < 1.29 is 22.0 Å². The molecule has 1 aromatic heterocycles. The highest BCUT2D eigenvalue weighted by Crippen LogP contribution is 2.38. The van der Waals surface area contributed by atoms with Crippen LogP contribution < -0.4 is 5.73 Å². The number of nitrogens with two attached hydrogens (primary N) is 1. The molecule has 3 atom stereocenters. The van der Waals surface area contributed by atoms with Crippen molar-refractivity contribution in [3.8, 4) is 0 Å². The van der Waals surface area contributed by atoms with Crippen LogP contribution in [0.25, 0.3) is 0 Å². The molecule has 0 spiro atoms. The Hall–Kier alpha value is -1.59. The number of amides is 1. The third-order valence-electron chi connectivity index (χ3n) is 4.84. The van der Waals surface area contributed by atoms with E-state index in [0.717, 1.165) is 5.56 Å². The number of carbonyl (C=O) groups is 1. The summed E-state index contributed by atoms with van der Waals surface area (Å²) in [7, 11) is -4.58. The molecule has 0 aliphatic carbocycles. The van der Waals surface area contributed by atoms with E-state index in [1.54, 1.807) is 12.4 Å². The lowest BCUT2D eigenvalue weighted by Crippen LogP contribution is -2.59. The Balaban J connectivity index is 1.76. The van der Waals surface area contributed by atoms with Crippen LogP contribution in [0.2, 0.25) is 0 Å². The second-order valence-corrected chi connectivity index (χ2v) is 7.24. The van der Waals surface area contributed by atoms with Crippen LogP contribution >= 0.6 is 0 Å². The van der Waals surface area contributed by atoms with Crippen LogP contribution in [-0.4, -0.2) is 58.6 Å². The minimum Gasteiger partial charge on any atom is -0.368 e. The van der Waals surface area contributed by atoms with Gasteiger partial charge in [-0.2, -0.15) is 17.8 Å². The number of fused-ring (bicyclic) bond motifs is 2. The van der Waals surface area contributed by atoms with Gasteiger partial charge in [0.2, 0.25) is 5.91 Å². The molecule has 0 aromatic carbocycles. The van der Waals surface area contributed by atoms with E-state index in [1.807, 2.05) is 17.0 Å². The second kappa shape index (κ2) is 6.37. The van der Waals surface area contributed by atoms with E-state index < -0.39 is 21.8 Å². The van der Waals surface area contributed by atoms with Crippen molar-refractivity contribution in [3.05, 3.63) is 30.1 Å². The summed E-state index contributed by atoms with van der Waals surface area (Å²) in [5.41, 5.74) is 5.85. The monoisotopic (exact) mass is 356 g/mol. The average molecular weight is 356 g/mol. The first-order valence-corrected chi connectivity index (χ1v) is 9.04. The van der Waals surface area contributed by atoms with Crippen LogP contribution in [-0.2, 0) is 25.9 Å². The highest BCUT2D eigenvalue weighted by molar-refractivity contribution is 7.80. The van der Waals surface area contributed by atoms with Crippen LogP contribution in [0.3, 0.4) is 0 Å². The summed E-state index contributed by atoms with van der Waals surface area (Å²) in [6.45, 7) is 0.561. The Labute approximate surface area is 140 Å². The minimum atomic E-state index is -4.58. The molecule has 2 aliphatic heterocycles. The summed E-state index contributed by atoms with van der Waals surface area (Å²) in [5, 5.41) is 1.20. The molecule has 3 heterocycles. The zero-order valence-corrected chi connectivity index (χ0v) is 13.9. The fraction of sp³-hybridized carbons (Fsp3) is 0.571. The lowest BCUT2D eigenvalue weighted by atomic mass is 9.81. The molecule has 132 valence electrons. The third-order valence-corrected chi connectivity index (χ3v) is 5.22. The molecule has 1 aromatic rings. The van der Waals surface area contributed by atoms with Crippen LogP contribution in [0.5, 0.6) is 0 Å². The number of pyridine rings is 1. The summed E-state index contributed by atoms with van der Waals surface area (Å²) in [4.78, 5) is 18.1. The molecule has 3 unspecified atom stereocenters. The van der Waals surface area contributed by atoms with Crippen LogP contribution in [0.4, 0.5) is 0 Å². The first kappa shape index (κ1) is 17.2. The number of rotatable bonds is 6. The number of hydrogen-bond acceptors (Lipinski definition) is 7. The Morgan fingerprint density at radius 3 is 2.96 bits per heavy atom. The fourth-order valence-electron chi connectivity index (χ4n) is 3.58. The number of carbonyl (C=O) groups excluding carboxylic acids is 1. The lowest BCUT2D eigenvalue weighted by Gasteiger charge is -2.41. The maximum absolute atomic E-state index is 12.2. The van der Waals surface area contributed by atoms with Gasteiger partial charge in [0, 0.05) is 18.9 Å². The van der Waals surface area contributed by atoms with Gasteiger partial charge in [-0.15, -0.1) is 0 Å². The quantitative estimate of drug-likeness (QED) is 0.666. The van der Waals surface area contributed by atoms with Gasteiger partial charge in [0.1, 0.15) is 5.54 Å². The summed E-state index contributed by atoms with van der Waals surface area (Å²) in [5.74, 6) is -0.432. The topological polar surface area (TPSA) is 126 Å². The van der Waals surface area contributed by atoms with E-state index in [0.29, 0.717) is 32.2 Å². The molecule has 0 saturated carbocycles. The highest BCUT2D eigenvalue weighted by atomic mass is 32.3. The van der Waals surface area contributed by atoms with Crippen molar-refractivity contribution in [2.45, 2.75) is 37.3 Å². The molecule has 3 N–H and O–H groups in total. The van der Waals surface area contributed by atoms with Crippen LogP contribution in [0, 0.1) is 0 Å². The van der Waals surface area contributed by atoms with E-state index in [4.69, 9.17) is 10.3 Å². The lowest BCUT2D eigenvalue weighted by molar-refractivity contribution is -0.132. The third kappa shape index (κ3) is 3.42. The van der Waals surface area contributed by atoms with Crippen molar-refractivity contribution in [2.24, 2.45) is 5.73 Å². The van der Waals surface area contributed by atoms with Gasteiger partial charge in [-0.3, -0.25) is 19.2 Å². The van der Waals surface area contributed by atoms with Gasteiger partial charge >= 0.3 is 10.4 Å². The molecule has 10 heteroatoms. The molecule has 2 bridgehead atoms. The van der Waals surface area contributed by atoms with E-state index in [1.165, 1.54) is 5.06 Å². The standard InChI is InChI=1S/C14H20N4O5S/c15-13(19)14(5-3-11-2-1-7-16-8-11)6-4-12-9-17(14)10-18(12)23-24(20,21)22/h1-2,7-8,12H,3-6,9-10H2,(H2,15,19)(H,20,21,22). The normalized spacial score (nSPS) is 30.4. The molecule has 2 aliphatic rings. The Morgan fingerprint density at radius 2 is 2.33 bits per heavy atom. The van der Waals surface area contributed by atoms with Gasteiger partial charge in [0.15, 0.2) is 0 Å². The number of hydroxylamine groups is 2. The molecule has 2 saturated heterocycles. The number of piperidine rings is 1. The molecule has 3 rings (SSSR count). The Morgan fingerprint density at radius 1 is 1.54 bits per heavy atom. The summed E-state index contributed by atoms with van der Waals surface area (Å²) in [6.07, 6.45) is 5.65. The van der Waals surface area contributed by atoms with Gasteiger partial charge < -0.3 is 5.73 Å². The van der Waals surface area contributed by atoms with Gasteiger partial charge in [-0.25, -0.2) is 0 Å².